The minimum Gasteiger partial charge on any atom is -0.326 e. The van der Waals surface area contributed by atoms with Gasteiger partial charge in [-0.2, -0.15) is 0 Å². The van der Waals surface area contributed by atoms with Crippen LogP contribution in [-0.4, -0.2) is 12.5 Å². The van der Waals surface area contributed by atoms with E-state index in [4.69, 9.17) is 0 Å². The summed E-state index contributed by atoms with van der Waals surface area (Å²) in [5.41, 5.74) is 3.38. The molecule has 20 heavy (non-hydrogen) atoms. The van der Waals surface area contributed by atoms with E-state index in [1.165, 1.54) is 24.0 Å². The predicted octanol–water partition coefficient (Wildman–Crippen LogP) is 3.63. The lowest BCUT2D eigenvalue weighted by Crippen LogP contribution is -2.14. The van der Waals surface area contributed by atoms with E-state index in [1.807, 2.05) is 18.2 Å². The van der Waals surface area contributed by atoms with E-state index in [0.717, 1.165) is 31.6 Å². The largest absolute Gasteiger partial charge is 0.326 e. The van der Waals surface area contributed by atoms with Crippen molar-refractivity contribution in [2.75, 3.05) is 11.9 Å². The second kappa shape index (κ2) is 7.85. The summed E-state index contributed by atoms with van der Waals surface area (Å²) in [4.78, 5) is 12.0. The van der Waals surface area contributed by atoms with Crippen molar-refractivity contribution >= 4 is 11.6 Å². The van der Waals surface area contributed by atoms with Crippen LogP contribution in [0, 0.1) is 0 Å². The van der Waals surface area contributed by atoms with Gasteiger partial charge in [0.05, 0.1) is 0 Å². The van der Waals surface area contributed by atoms with Crippen LogP contribution in [0.5, 0.6) is 0 Å². The van der Waals surface area contributed by atoms with Crippen LogP contribution in [0.15, 0.2) is 35.9 Å². The molecule has 0 heterocycles. The summed E-state index contributed by atoms with van der Waals surface area (Å²) in [5, 5.41) is 6.29. The van der Waals surface area contributed by atoms with Gasteiger partial charge in [0.15, 0.2) is 0 Å². The second-order valence-electron chi connectivity index (χ2n) is 5.31. The molecule has 1 aromatic carbocycles. The van der Waals surface area contributed by atoms with Crippen molar-refractivity contribution in [1.29, 1.82) is 0 Å². The summed E-state index contributed by atoms with van der Waals surface area (Å²) >= 11 is 0. The zero-order valence-electron chi connectivity index (χ0n) is 12.2. The molecule has 2 N–H and O–H groups in total. The van der Waals surface area contributed by atoms with Crippen LogP contribution in [0.25, 0.3) is 0 Å². The van der Waals surface area contributed by atoms with Gasteiger partial charge in [0.2, 0.25) is 5.91 Å². The Labute approximate surface area is 121 Å². The van der Waals surface area contributed by atoms with Crippen molar-refractivity contribution in [1.82, 2.24) is 5.32 Å². The van der Waals surface area contributed by atoms with Crippen molar-refractivity contribution in [2.24, 2.45) is 0 Å². The Hall–Kier alpha value is -1.61. The Kier molecular flexibility index (Phi) is 5.81. The first-order chi connectivity index (χ1) is 9.78. The van der Waals surface area contributed by atoms with Gasteiger partial charge in [-0.05, 0) is 49.9 Å². The lowest BCUT2D eigenvalue weighted by atomic mass is 9.97. The van der Waals surface area contributed by atoms with Crippen molar-refractivity contribution in [2.45, 2.75) is 45.6 Å². The highest BCUT2D eigenvalue weighted by molar-refractivity contribution is 5.92. The van der Waals surface area contributed by atoms with Gasteiger partial charge in [-0.3, -0.25) is 4.79 Å². The van der Waals surface area contributed by atoms with Gasteiger partial charge in [0.1, 0.15) is 0 Å². The number of benzene rings is 1. The molecule has 0 atom stereocenters. The zero-order valence-corrected chi connectivity index (χ0v) is 12.2. The standard InChI is InChI=1S/C17H24N2O/c1-2-18-13-15-9-6-10-16(11-15)19-17(20)12-14-7-4-3-5-8-14/h6-7,9-11,18H,2-5,8,12-13H2,1H3,(H,19,20). The highest BCUT2D eigenvalue weighted by Crippen LogP contribution is 2.20. The Morgan fingerprint density at radius 1 is 1.30 bits per heavy atom. The Morgan fingerprint density at radius 3 is 2.95 bits per heavy atom. The van der Waals surface area contributed by atoms with Crippen LogP contribution in [0.2, 0.25) is 0 Å². The monoisotopic (exact) mass is 272 g/mol. The molecule has 1 amide bonds. The minimum absolute atomic E-state index is 0.0961. The maximum absolute atomic E-state index is 12.0. The topological polar surface area (TPSA) is 41.1 Å². The molecule has 1 aliphatic carbocycles. The molecular formula is C17H24N2O. The summed E-state index contributed by atoms with van der Waals surface area (Å²) in [5.74, 6) is 0.0961. The Morgan fingerprint density at radius 2 is 2.20 bits per heavy atom. The van der Waals surface area contributed by atoms with Crippen molar-refractivity contribution < 1.29 is 4.79 Å². The summed E-state index contributed by atoms with van der Waals surface area (Å²) < 4.78 is 0. The molecule has 0 spiro atoms. The van der Waals surface area contributed by atoms with Crippen LogP contribution >= 0.6 is 0 Å². The molecule has 0 aliphatic heterocycles. The molecular weight excluding hydrogens is 248 g/mol. The smallest absolute Gasteiger partial charge is 0.228 e. The molecule has 108 valence electrons. The van der Waals surface area contributed by atoms with Crippen molar-refractivity contribution in [3.05, 3.63) is 41.5 Å². The SMILES string of the molecule is CCNCc1cccc(NC(=O)CC2=CCCCC2)c1. The highest BCUT2D eigenvalue weighted by Gasteiger charge is 2.09. The Balaban J connectivity index is 1.88. The van der Waals surface area contributed by atoms with E-state index in [1.54, 1.807) is 0 Å². The fourth-order valence-electron chi connectivity index (χ4n) is 2.50. The number of amides is 1. The van der Waals surface area contributed by atoms with Gasteiger partial charge in [0.25, 0.3) is 0 Å². The minimum atomic E-state index is 0.0961. The average molecular weight is 272 g/mol. The van der Waals surface area contributed by atoms with E-state index in [2.05, 4.69) is 29.7 Å². The van der Waals surface area contributed by atoms with Crippen LogP contribution in [0.4, 0.5) is 5.69 Å². The fraction of sp³-hybridized carbons (Fsp3) is 0.471. The molecule has 1 aromatic rings. The van der Waals surface area contributed by atoms with E-state index in [-0.39, 0.29) is 5.91 Å². The first-order valence-electron chi connectivity index (χ1n) is 7.55. The molecule has 0 bridgehead atoms. The van der Waals surface area contributed by atoms with Gasteiger partial charge in [-0.1, -0.05) is 30.7 Å². The van der Waals surface area contributed by atoms with Crippen LogP contribution in [0.3, 0.4) is 0 Å². The number of rotatable bonds is 6. The molecule has 0 saturated carbocycles. The molecule has 0 unspecified atom stereocenters. The van der Waals surface area contributed by atoms with Gasteiger partial charge >= 0.3 is 0 Å². The summed E-state index contributed by atoms with van der Waals surface area (Å²) in [6.45, 7) is 3.87. The predicted molar refractivity (Wildman–Crippen MR) is 83.6 cm³/mol. The third-order valence-electron chi connectivity index (χ3n) is 3.56. The van der Waals surface area contributed by atoms with Gasteiger partial charge in [0, 0.05) is 18.7 Å². The van der Waals surface area contributed by atoms with Crippen LogP contribution in [0.1, 0.15) is 44.6 Å². The summed E-state index contributed by atoms with van der Waals surface area (Å²) in [6.07, 6.45) is 7.45. The molecule has 3 nitrogen and oxygen atoms in total. The number of hydrogen-bond donors (Lipinski definition) is 2. The maximum atomic E-state index is 12.0. The molecule has 0 fully saturated rings. The first-order valence-corrected chi connectivity index (χ1v) is 7.55. The molecule has 3 heteroatoms. The van der Waals surface area contributed by atoms with Crippen molar-refractivity contribution in [3.8, 4) is 0 Å². The molecule has 1 aliphatic rings. The number of carbonyl (C=O) groups is 1. The summed E-state index contributed by atoms with van der Waals surface area (Å²) in [7, 11) is 0. The van der Waals surface area contributed by atoms with E-state index >= 15 is 0 Å². The van der Waals surface area contributed by atoms with E-state index < -0.39 is 0 Å². The normalized spacial score (nSPS) is 14.8. The second-order valence-corrected chi connectivity index (χ2v) is 5.31. The molecule has 0 saturated heterocycles. The lowest BCUT2D eigenvalue weighted by molar-refractivity contribution is -0.115. The van der Waals surface area contributed by atoms with Crippen molar-refractivity contribution in [3.63, 3.8) is 0 Å². The number of carbonyl (C=O) groups excluding carboxylic acids is 1. The number of allylic oxidation sites excluding steroid dienone is 1. The third kappa shape index (κ3) is 4.82. The number of hydrogen-bond acceptors (Lipinski definition) is 2. The number of nitrogens with one attached hydrogen (secondary N) is 2. The molecule has 0 aromatic heterocycles. The summed E-state index contributed by atoms with van der Waals surface area (Å²) in [6, 6.07) is 8.04. The first kappa shape index (κ1) is 14.8. The molecule has 2 rings (SSSR count). The fourth-order valence-corrected chi connectivity index (χ4v) is 2.50. The zero-order chi connectivity index (χ0) is 14.2. The highest BCUT2D eigenvalue weighted by atomic mass is 16.1. The van der Waals surface area contributed by atoms with Gasteiger partial charge in [-0.15, -0.1) is 0 Å². The van der Waals surface area contributed by atoms with E-state index in [0.29, 0.717) is 6.42 Å². The van der Waals surface area contributed by atoms with Gasteiger partial charge < -0.3 is 10.6 Å². The Bertz CT molecular complexity index is 480. The quantitative estimate of drug-likeness (QED) is 0.776. The van der Waals surface area contributed by atoms with E-state index in [9.17, 15) is 4.79 Å². The molecule has 0 radical (unpaired) electrons. The lowest BCUT2D eigenvalue weighted by Gasteiger charge is -2.13. The van der Waals surface area contributed by atoms with Crippen LogP contribution < -0.4 is 10.6 Å². The average Bonchev–Trinajstić information content (AvgIpc) is 2.46. The van der Waals surface area contributed by atoms with Crippen LogP contribution in [-0.2, 0) is 11.3 Å². The number of anilines is 1. The third-order valence-corrected chi connectivity index (χ3v) is 3.56. The van der Waals surface area contributed by atoms with Gasteiger partial charge in [-0.25, -0.2) is 0 Å². The maximum Gasteiger partial charge on any atom is 0.228 e.